The molecule has 102 valence electrons. The lowest BCUT2D eigenvalue weighted by Crippen LogP contribution is -2.42. The average Bonchev–Trinajstić information content (AvgIpc) is 2.87. The van der Waals surface area contributed by atoms with Gasteiger partial charge in [0.15, 0.2) is 0 Å². The van der Waals surface area contributed by atoms with Crippen molar-refractivity contribution in [2.45, 2.75) is 31.7 Å². The van der Waals surface area contributed by atoms with Gasteiger partial charge in [-0.25, -0.2) is 9.18 Å². The maximum atomic E-state index is 13.7. The van der Waals surface area contributed by atoms with Gasteiger partial charge in [0.1, 0.15) is 11.9 Å². The molecule has 1 aliphatic rings. The molecule has 0 bridgehead atoms. The van der Waals surface area contributed by atoms with Gasteiger partial charge in [-0.05, 0) is 31.4 Å². The summed E-state index contributed by atoms with van der Waals surface area (Å²) in [6.45, 7) is 2.03. The second-order valence-electron chi connectivity index (χ2n) is 4.77. The maximum Gasteiger partial charge on any atom is 0.326 e. The standard InChI is InChI=1S/C14H16FNO3/c1-9(10-5-2-3-6-11(10)15)13(17)16-8-4-7-12(16)14(18)19/h2-3,5-6,9,12H,4,7-8H2,1H3,(H,18,19)/t9-,12-/m0/s1. The van der Waals surface area contributed by atoms with E-state index in [2.05, 4.69) is 0 Å². The summed E-state index contributed by atoms with van der Waals surface area (Å²) in [7, 11) is 0. The van der Waals surface area contributed by atoms with Crippen LogP contribution in [-0.4, -0.2) is 34.5 Å². The Balaban J connectivity index is 2.20. The highest BCUT2D eigenvalue weighted by molar-refractivity contribution is 5.88. The summed E-state index contributed by atoms with van der Waals surface area (Å²) in [5.74, 6) is -2.42. The van der Waals surface area contributed by atoms with E-state index in [0.29, 0.717) is 24.9 Å². The van der Waals surface area contributed by atoms with E-state index in [1.165, 1.54) is 11.0 Å². The van der Waals surface area contributed by atoms with Gasteiger partial charge in [-0.3, -0.25) is 4.79 Å². The number of benzene rings is 1. The summed E-state index contributed by atoms with van der Waals surface area (Å²) >= 11 is 0. The van der Waals surface area contributed by atoms with E-state index in [4.69, 9.17) is 5.11 Å². The molecule has 5 heteroatoms. The first-order chi connectivity index (χ1) is 9.02. The van der Waals surface area contributed by atoms with Crippen molar-refractivity contribution in [2.24, 2.45) is 0 Å². The SMILES string of the molecule is C[C@H](C(=O)N1CCC[C@H]1C(=O)O)c1ccccc1F. The molecule has 1 amide bonds. The molecule has 1 aromatic carbocycles. The largest absolute Gasteiger partial charge is 0.480 e. The van der Waals surface area contributed by atoms with Gasteiger partial charge in [-0.2, -0.15) is 0 Å². The number of carbonyl (C=O) groups is 2. The van der Waals surface area contributed by atoms with Gasteiger partial charge >= 0.3 is 5.97 Å². The van der Waals surface area contributed by atoms with E-state index < -0.39 is 23.7 Å². The van der Waals surface area contributed by atoms with Gasteiger partial charge in [-0.15, -0.1) is 0 Å². The molecular formula is C14H16FNO3. The highest BCUT2D eigenvalue weighted by atomic mass is 19.1. The first-order valence-corrected chi connectivity index (χ1v) is 6.30. The number of halogens is 1. The topological polar surface area (TPSA) is 57.6 Å². The quantitative estimate of drug-likeness (QED) is 0.909. The lowest BCUT2D eigenvalue weighted by atomic mass is 9.99. The minimum absolute atomic E-state index is 0.309. The second kappa shape index (κ2) is 5.38. The van der Waals surface area contributed by atoms with Crippen LogP contribution in [0.3, 0.4) is 0 Å². The minimum Gasteiger partial charge on any atom is -0.480 e. The highest BCUT2D eigenvalue weighted by Crippen LogP contribution is 2.26. The predicted molar refractivity (Wildman–Crippen MR) is 67.2 cm³/mol. The summed E-state index contributed by atoms with van der Waals surface area (Å²) in [5, 5.41) is 9.07. The molecule has 0 unspecified atom stereocenters. The van der Waals surface area contributed by atoms with Gasteiger partial charge in [0.05, 0.1) is 5.92 Å². The summed E-state index contributed by atoms with van der Waals surface area (Å²) < 4.78 is 13.7. The molecule has 1 aromatic rings. The third-order valence-corrected chi connectivity index (χ3v) is 3.56. The number of nitrogens with zero attached hydrogens (tertiary/aromatic N) is 1. The van der Waals surface area contributed by atoms with E-state index in [0.717, 1.165) is 0 Å². The number of carbonyl (C=O) groups excluding carboxylic acids is 1. The van der Waals surface area contributed by atoms with Crippen LogP contribution in [0.2, 0.25) is 0 Å². The Kier molecular flexibility index (Phi) is 3.83. The molecule has 0 aliphatic carbocycles. The number of carboxylic acid groups (broad SMARTS) is 1. The number of amides is 1. The number of hydrogen-bond donors (Lipinski definition) is 1. The normalized spacial score (nSPS) is 20.3. The van der Waals surface area contributed by atoms with Crippen LogP contribution in [0, 0.1) is 5.82 Å². The second-order valence-corrected chi connectivity index (χ2v) is 4.77. The Morgan fingerprint density at radius 1 is 1.42 bits per heavy atom. The molecule has 0 spiro atoms. The van der Waals surface area contributed by atoms with Crippen molar-refractivity contribution in [2.75, 3.05) is 6.54 Å². The van der Waals surface area contributed by atoms with Gasteiger partial charge in [0.2, 0.25) is 5.91 Å². The Labute approximate surface area is 110 Å². The zero-order chi connectivity index (χ0) is 14.0. The average molecular weight is 265 g/mol. The van der Waals surface area contributed by atoms with Crippen LogP contribution in [0.1, 0.15) is 31.2 Å². The molecule has 1 N–H and O–H groups in total. The number of hydrogen-bond acceptors (Lipinski definition) is 2. The molecule has 1 aliphatic heterocycles. The zero-order valence-electron chi connectivity index (χ0n) is 10.7. The fraction of sp³-hybridized carbons (Fsp3) is 0.429. The molecule has 0 aromatic heterocycles. The molecule has 4 nitrogen and oxygen atoms in total. The van der Waals surface area contributed by atoms with Crippen LogP contribution < -0.4 is 0 Å². The molecule has 2 rings (SSSR count). The summed E-state index contributed by atoms with van der Waals surface area (Å²) in [6, 6.07) is 5.32. The smallest absolute Gasteiger partial charge is 0.326 e. The molecule has 19 heavy (non-hydrogen) atoms. The van der Waals surface area contributed by atoms with Crippen molar-refractivity contribution in [3.8, 4) is 0 Å². The van der Waals surface area contributed by atoms with Gasteiger partial charge < -0.3 is 10.0 Å². The monoisotopic (exact) mass is 265 g/mol. The molecule has 1 heterocycles. The van der Waals surface area contributed by atoms with Crippen LogP contribution in [-0.2, 0) is 9.59 Å². The van der Waals surface area contributed by atoms with Crippen molar-refractivity contribution in [1.29, 1.82) is 0 Å². The van der Waals surface area contributed by atoms with Gasteiger partial charge in [-0.1, -0.05) is 18.2 Å². The highest BCUT2D eigenvalue weighted by Gasteiger charge is 2.36. The van der Waals surface area contributed by atoms with Gasteiger partial charge in [0, 0.05) is 6.54 Å². The van der Waals surface area contributed by atoms with E-state index in [1.807, 2.05) is 0 Å². The number of carboxylic acids is 1. The molecule has 2 atom stereocenters. The summed E-state index contributed by atoms with van der Waals surface area (Å²) in [5.41, 5.74) is 0.309. The van der Waals surface area contributed by atoms with Crippen molar-refractivity contribution in [1.82, 2.24) is 4.90 Å². The summed E-state index contributed by atoms with van der Waals surface area (Å²) in [6.07, 6.45) is 1.14. The van der Waals surface area contributed by atoms with Crippen molar-refractivity contribution >= 4 is 11.9 Å². The molecule has 1 fully saturated rings. The van der Waals surface area contributed by atoms with Crippen molar-refractivity contribution in [3.63, 3.8) is 0 Å². The van der Waals surface area contributed by atoms with Crippen LogP contribution in [0.25, 0.3) is 0 Å². The van der Waals surface area contributed by atoms with Crippen LogP contribution in [0.5, 0.6) is 0 Å². The van der Waals surface area contributed by atoms with E-state index >= 15 is 0 Å². The van der Waals surface area contributed by atoms with Crippen LogP contribution in [0.4, 0.5) is 4.39 Å². The summed E-state index contributed by atoms with van der Waals surface area (Å²) in [4.78, 5) is 24.7. The zero-order valence-corrected chi connectivity index (χ0v) is 10.7. The molecule has 1 saturated heterocycles. The maximum absolute atomic E-state index is 13.7. The van der Waals surface area contributed by atoms with E-state index in [9.17, 15) is 14.0 Å². The fourth-order valence-electron chi connectivity index (χ4n) is 2.50. The number of rotatable bonds is 3. The number of aliphatic carboxylic acids is 1. The Morgan fingerprint density at radius 3 is 2.74 bits per heavy atom. The first kappa shape index (κ1) is 13.5. The Morgan fingerprint density at radius 2 is 2.11 bits per heavy atom. The molecule has 0 radical (unpaired) electrons. The molecule has 0 saturated carbocycles. The van der Waals surface area contributed by atoms with E-state index in [-0.39, 0.29) is 5.91 Å². The minimum atomic E-state index is -0.994. The third kappa shape index (κ3) is 2.59. The van der Waals surface area contributed by atoms with Crippen LogP contribution in [0.15, 0.2) is 24.3 Å². The Hall–Kier alpha value is -1.91. The molecular weight excluding hydrogens is 249 g/mol. The predicted octanol–water partition coefficient (Wildman–Crippen LogP) is 2.00. The first-order valence-electron chi connectivity index (χ1n) is 6.30. The lowest BCUT2D eigenvalue weighted by molar-refractivity contribution is -0.148. The van der Waals surface area contributed by atoms with Crippen molar-refractivity contribution < 1.29 is 19.1 Å². The van der Waals surface area contributed by atoms with Crippen LogP contribution >= 0.6 is 0 Å². The lowest BCUT2D eigenvalue weighted by Gasteiger charge is -2.25. The van der Waals surface area contributed by atoms with E-state index in [1.54, 1.807) is 25.1 Å². The fourth-order valence-corrected chi connectivity index (χ4v) is 2.50. The third-order valence-electron chi connectivity index (χ3n) is 3.56. The van der Waals surface area contributed by atoms with Gasteiger partial charge in [0.25, 0.3) is 0 Å². The Bertz CT molecular complexity index is 503. The number of likely N-dealkylation sites (tertiary alicyclic amines) is 1. The van der Waals surface area contributed by atoms with Crippen molar-refractivity contribution in [3.05, 3.63) is 35.6 Å².